The van der Waals surface area contributed by atoms with Gasteiger partial charge in [-0.2, -0.15) is 0 Å². The zero-order valence-corrected chi connectivity index (χ0v) is 12.5. The lowest BCUT2D eigenvalue weighted by atomic mass is 9.78. The van der Waals surface area contributed by atoms with E-state index in [-0.39, 0.29) is 12.2 Å². The molecular formula is C15H20BFN2O3. The number of fused-ring (bicyclic) bond motifs is 1. The second-order valence-electron chi connectivity index (χ2n) is 5.85. The number of hydrogen-bond acceptors (Lipinski definition) is 4. The summed E-state index contributed by atoms with van der Waals surface area (Å²) in [6.45, 7) is 3.91. The Kier molecular flexibility index (Phi) is 4.76. The van der Waals surface area contributed by atoms with Crippen LogP contribution < -0.4 is 10.8 Å². The van der Waals surface area contributed by atoms with Gasteiger partial charge in [-0.1, -0.05) is 0 Å². The van der Waals surface area contributed by atoms with Crippen LogP contribution in [0.1, 0.15) is 35.2 Å². The van der Waals surface area contributed by atoms with Crippen LogP contribution in [0.2, 0.25) is 0 Å². The van der Waals surface area contributed by atoms with Crippen molar-refractivity contribution in [3.8, 4) is 0 Å². The van der Waals surface area contributed by atoms with Crippen molar-refractivity contribution in [2.24, 2.45) is 0 Å². The third-order valence-corrected chi connectivity index (χ3v) is 4.27. The maximum Gasteiger partial charge on any atom is 0.491 e. The highest BCUT2D eigenvalue weighted by Gasteiger charge is 2.29. The minimum atomic E-state index is -1.07. The van der Waals surface area contributed by atoms with Crippen LogP contribution >= 0.6 is 0 Å². The maximum absolute atomic E-state index is 14.0. The number of likely N-dealkylation sites (tertiary alicyclic amines) is 1. The van der Waals surface area contributed by atoms with Crippen LogP contribution in [0.3, 0.4) is 0 Å². The molecule has 0 atom stereocenters. The molecular weight excluding hydrogens is 286 g/mol. The molecule has 118 valence electrons. The van der Waals surface area contributed by atoms with Gasteiger partial charge >= 0.3 is 7.12 Å². The molecule has 0 aliphatic carbocycles. The van der Waals surface area contributed by atoms with Crippen LogP contribution in [0.5, 0.6) is 0 Å². The van der Waals surface area contributed by atoms with Crippen molar-refractivity contribution in [2.45, 2.75) is 25.9 Å². The lowest BCUT2D eigenvalue weighted by Crippen LogP contribution is -2.32. The predicted octanol–water partition coefficient (Wildman–Crippen LogP) is 0.259. The highest BCUT2D eigenvalue weighted by atomic mass is 19.1. The summed E-state index contributed by atoms with van der Waals surface area (Å²) in [5, 5.41) is 12.4. The Hall–Kier alpha value is -1.44. The molecule has 1 aromatic carbocycles. The third kappa shape index (κ3) is 3.32. The first-order valence-corrected chi connectivity index (χ1v) is 7.77. The lowest BCUT2D eigenvalue weighted by molar-refractivity contribution is 0.0948. The summed E-state index contributed by atoms with van der Waals surface area (Å²) >= 11 is 0. The molecule has 0 saturated carbocycles. The monoisotopic (exact) mass is 306 g/mol. The fourth-order valence-corrected chi connectivity index (χ4v) is 3.02. The number of carbonyl (C=O) groups is 1. The molecule has 0 radical (unpaired) electrons. The molecule has 1 amide bonds. The number of nitrogens with zero attached hydrogens (tertiary/aromatic N) is 1. The van der Waals surface area contributed by atoms with Gasteiger partial charge in [0.2, 0.25) is 0 Å². The van der Waals surface area contributed by atoms with E-state index in [0.717, 1.165) is 26.1 Å². The summed E-state index contributed by atoms with van der Waals surface area (Å²) in [5.41, 5.74) is 1.03. The zero-order chi connectivity index (χ0) is 15.5. The van der Waals surface area contributed by atoms with Crippen LogP contribution in [0, 0.1) is 5.82 Å². The summed E-state index contributed by atoms with van der Waals surface area (Å²) in [7, 11) is -1.07. The number of benzene rings is 1. The lowest BCUT2D eigenvalue weighted by Gasteiger charge is -2.14. The van der Waals surface area contributed by atoms with Gasteiger partial charge in [-0.15, -0.1) is 0 Å². The summed E-state index contributed by atoms with van der Waals surface area (Å²) in [6.07, 6.45) is 3.35. The van der Waals surface area contributed by atoms with Crippen LogP contribution in [0.4, 0.5) is 4.39 Å². The van der Waals surface area contributed by atoms with Crippen molar-refractivity contribution in [1.29, 1.82) is 0 Å². The Labute approximate surface area is 129 Å². The standard InChI is InChI=1S/C15H20BFN2O3/c17-14-8-11-10-22-16(21)13(11)9-12(14)15(20)18-4-3-7-19-5-1-2-6-19/h8-9,21H,1-7,10H2,(H,18,20). The highest BCUT2D eigenvalue weighted by molar-refractivity contribution is 6.61. The van der Waals surface area contributed by atoms with Gasteiger partial charge in [0, 0.05) is 6.54 Å². The van der Waals surface area contributed by atoms with E-state index in [1.807, 2.05) is 0 Å². The van der Waals surface area contributed by atoms with Gasteiger partial charge in [-0.3, -0.25) is 4.79 Å². The average molecular weight is 306 g/mol. The number of halogens is 1. The fraction of sp³-hybridized carbons (Fsp3) is 0.533. The smallest absolute Gasteiger partial charge is 0.423 e. The minimum Gasteiger partial charge on any atom is -0.423 e. The number of nitrogens with one attached hydrogen (secondary N) is 1. The molecule has 5 nitrogen and oxygen atoms in total. The van der Waals surface area contributed by atoms with E-state index in [9.17, 15) is 14.2 Å². The van der Waals surface area contributed by atoms with E-state index in [4.69, 9.17) is 4.65 Å². The molecule has 0 spiro atoms. The van der Waals surface area contributed by atoms with Crippen molar-refractivity contribution >= 4 is 18.5 Å². The van der Waals surface area contributed by atoms with Crippen molar-refractivity contribution in [3.63, 3.8) is 0 Å². The molecule has 0 aromatic heterocycles. The zero-order valence-electron chi connectivity index (χ0n) is 12.5. The minimum absolute atomic E-state index is 0.0375. The first-order valence-electron chi connectivity index (χ1n) is 7.77. The van der Waals surface area contributed by atoms with Gasteiger partial charge in [-0.05, 0) is 62.1 Å². The van der Waals surface area contributed by atoms with E-state index < -0.39 is 18.8 Å². The molecule has 7 heteroatoms. The Balaban J connectivity index is 1.54. The second kappa shape index (κ2) is 6.77. The number of amides is 1. The van der Waals surface area contributed by atoms with Gasteiger partial charge in [0.05, 0.1) is 12.2 Å². The van der Waals surface area contributed by atoms with E-state index in [1.165, 1.54) is 25.0 Å². The van der Waals surface area contributed by atoms with Crippen molar-refractivity contribution in [1.82, 2.24) is 10.2 Å². The topological polar surface area (TPSA) is 61.8 Å². The van der Waals surface area contributed by atoms with Gasteiger partial charge in [-0.25, -0.2) is 4.39 Å². The Morgan fingerprint density at radius 1 is 1.41 bits per heavy atom. The normalized spacial score (nSPS) is 17.8. The Morgan fingerprint density at radius 3 is 2.95 bits per heavy atom. The van der Waals surface area contributed by atoms with Crippen LogP contribution in [0.15, 0.2) is 12.1 Å². The van der Waals surface area contributed by atoms with Crippen molar-refractivity contribution < 1.29 is 18.9 Å². The summed E-state index contributed by atoms with van der Waals surface area (Å²) in [4.78, 5) is 14.5. The maximum atomic E-state index is 14.0. The molecule has 1 saturated heterocycles. The fourth-order valence-electron chi connectivity index (χ4n) is 3.02. The molecule has 2 aliphatic rings. The van der Waals surface area contributed by atoms with E-state index >= 15 is 0 Å². The second-order valence-corrected chi connectivity index (χ2v) is 5.85. The predicted molar refractivity (Wildman–Crippen MR) is 81.4 cm³/mol. The number of rotatable bonds is 5. The van der Waals surface area contributed by atoms with Crippen LogP contribution in [-0.4, -0.2) is 49.1 Å². The molecule has 22 heavy (non-hydrogen) atoms. The summed E-state index contributed by atoms with van der Waals surface area (Å²) < 4.78 is 19.0. The van der Waals surface area contributed by atoms with Gasteiger partial charge in [0.1, 0.15) is 5.82 Å². The summed E-state index contributed by atoms with van der Waals surface area (Å²) in [5.74, 6) is -1.02. The SMILES string of the molecule is O=C(NCCCN1CCCC1)c1cc2c(cc1F)COB2O. The highest BCUT2D eigenvalue weighted by Crippen LogP contribution is 2.15. The quantitative estimate of drug-likeness (QED) is 0.605. The molecule has 0 unspecified atom stereocenters. The van der Waals surface area contributed by atoms with Crippen molar-refractivity contribution in [2.75, 3.05) is 26.2 Å². The van der Waals surface area contributed by atoms with Crippen LogP contribution in [-0.2, 0) is 11.3 Å². The Bertz CT molecular complexity index is 564. The number of carbonyl (C=O) groups excluding carboxylic acids is 1. The molecule has 1 fully saturated rings. The van der Waals surface area contributed by atoms with Crippen molar-refractivity contribution in [3.05, 3.63) is 29.1 Å². The summed E-state index contributed by atoms with van der Waals surface area (Å²) in [6, 6.07) is 2.66. The van der Waals surface area contributed by atoms with Gasteiger partial charge in [0.25, 0.3) is 5.91 Å². The third-order valence-electron chi connectivity index (χ3n) is 4.27. The van der Waals surface area contributed by atoms with Crippen LogP contribution in [0.25, 0.3) is 0 Å². The number of hydrogen-bond donors (Lipinski definition) is 2. The molecule has 0 bridgehead atoms. The Morgan fingerprint density at radius 2 is 2.18 bits per heavy atom. The van der Waals surface area contributed by atoms with E-state index in [2.05, 4.69) is 10.2 Å². The molecule has 2 N–H and O–H groups in total. The largest absolute Gasteiger partial charge is 0.491 e. The molecule has 2 aliphatic heterocycles. The van der Waals surface area contributed by atoms with Gasteiger partial charge < -0.3 is 19.9 Å². The first-order chi connectivity index (χ1) is 10.6. The van der Waals surface area contributed by atoms with E-state index in [1.54, 1.807) is 0 Å². The molecule has 1 aromatic rings. The molecule has 2 heterocycles. The van der Waals surface area contributed by atoms with E-state index in [0.29, 0.717) is 17.6 Å². The van der Waals surface area contributed by atoms with Gasteiger partial charge in [0.15, 0.2) is 0 Å². The molecule has 3 rings (SSSR count). The average Bonchev–Trinajstić information content (AvgIpc) is 3.13. The first kappa shape index (κ1) is 15.5.